The fourth-order valence-electron chi connectivity index (χ4n) is 4.23. The second kappa shape index (κ2) is 14.6. The van der Waals surface area contributed by atoms with Crippen LogP contribution < -0.4 is 10.6 Å². The fourth-order valence-corrected chi connectivity index (χ4v) is 4.23. The van der Waals surface area contributed by atoms with E-state index in [2.05, 4.69) is 46.7 Å². The van der Waals surface area contributed by atoms with Gasteiger partial charge in [0, 0.05) is 32.2 Å². The minimum atomic E-state index is -0.203. The van der Waals surface area contributed by atoms with E-state index in [-0.39, 0.29) is 30.1 Å². The molecular weight excluding hydrogens is 517 g/mol. The Morgan fingerprint density at radius 3 is 2.31 bits per heavy atom. The third-order valence-corrected chi connectivity index (χ3v) is 6.00. The molecule has 2 saturated heterocycles. The molecule has 180 valence electrons. The van der Waals surface area contributed by atoms with Crippen molar-refractivity contribution in [2.24, 2.45) is 4.99 Å². The molecule has 3 rings (SSSR count). The number of nitrogens with one attached hydrogen (secondary N) is 2. The van der Waals surface area contributed by atoms with Crippen molar-refractivity contribution in [1.29, 1.82) is 0 Å². The number of amides is 1. The molecule has 0 bridgehead atoms. The fraction of sp³-hybridized carbons (Fsp3) is 0.667. The quantitative estimate of drug-likeness (QED) is 0.302. The molecule has 0 aliphatic carbocycles. The number of rotatable bonds is 7. The van der Waals surface area contributed by atoms with Gasteiger partial charge < -0.3 is 20.3 Å². The van der Waals surface area contributed by atoms with Gasteiger partial charge in [-0.2, -0.15) is 0 Å². The third-order valence-electron chi connectivity index (χ3n) is 6.00. The smallest absolute Gasteiger partial charge is 0.409 e. The zero-order valence-corrected chi connectivity index (χ0v) is 22.0. The number of ether oxygens (including phenoxy) is 1. The number of halogens is 1. The SMILES string of the molecule is CCNC(=NCc1ccc(CN2CCCCC2)cc1)NC1CCN(C(=O)OCC)CC1.I. The van der Waals surface area contributed by atoms with Gasteiger partial charge >= 0.3 is 6.09 Å². The van der Waals surface area contributed by atoms with Crippen LogP contribution >= 0.6 is 24.0 Å². The maximum atomic E-state index is 11.9. The predicted molar refractivity (Wildman–Crippen MR) is 141 cm³/mol. The lowest BCUT2D eigenvalue weighted by molar-refractivity contribution is 0.0963. The van der Waals surface area contributed by atoms with Crippen molar-refractivity contribution in [1.82, 2.24) is 20.4 Å². The molecule has 0 aromatic heterocycles. The van der Waals surface area contributed by atoms with Crippen LogP contribution in [0.5, 0.6) is 0 Å². The lowest BCUT2D eigenvalue weighted by Gasteiger charge is -2.32. The van der Waals surface area contributed by atoms with Gasteiger partial charge in [-0.05, 0) is 63.7 Å². The Balaban J connectivity index is 0.00000363. The van der Waals surface area contributed by atoms with Crippen molar-refractivity contribution in [2.45, 2.75) is 65.1 Å². The summed E-state index contributed by atoms with van der Waals surface area (Å²) in [5.41, 5.74) is 2.60. The zero-order chi connectivity index (χ0) is 21.9. The highest BCUT2D eigenvalue weighted by atomic mass is 127. The molecule has 2 heterocycles. The average Bonchev–Trinajstić information content (AvgIpc) is 2.80. The molecule has 0 atom stereocenters. The number of benzene rings is 1. The monoisotopic (exact) mass is 557 g/mol. The van der Waals surface area contributed by atoms with E-state index < -0.39 is 0 Å². The standard InChI is InChI=1S/C24H39N5O2.HI/c1-3-25-23(27-22-12-16-29(17-13-22)24(30)31-4-2)26-18-20-8-10-21(11-9-20)19-28-14-6-5-7-15-28;/h8-11,22H,3-7,12-19H2,1-2H3,(H2,25,26,27);1H. The normalized spacial score (nSPS) is 18.1. The first kappa shape index (κ1) is 26.7. The lowest BCUT2D eigenvalue weighted by atomic mass is 10.1. The van der Waals surface area contributed by atoms with E-state index in [0.717, 1.165) is 31.9 Å². The number of carbonyl (C=O) groups is 1. The minimum absolute atomic E-state index is 0. The molecule has 0 unspecified atom stereocenters. The molecule has 2 fully saturated rings. The molecule has 2 N–H and O–H groups in total. The zero-order valence-electron chi connectivity index (χ0n) is 19.6. The summed E-state index contributed by atoms with van der Waals surface area (Å²) in [6.45, 7) is 10.8. The van der Waals surface area contributed by atoms with E-state index in [1.807, 2.05) is 6.92 Å². The van der Waals surface area contributed by atoms with Crippen LogP contribution in [0, 0.1) is 0 Å². The third kappa shape index (κ3) is 8.77. The van der Waals surface area contributed by atoms with Gasteiger partial charge in [-0.3, -0.25) is 4.90 Å². The van der Waals surface area contributed by atoms with Crippen molar-refractivity contribution in [3.63, 3.8) is 0 Å². The van der Waals surface area contributed by atoms with E-state index >= 15 is 0 Å². The van der Waals surface area contributed by atoms with E-state index in [1.165, 1.54) is 43.5 Å². The molecule has 8 heteroatoms. The van der Waals surface area contributed by atoms with Crippen molar-refractivity contribution in [3.8, 4) is 0 Å². The van der Waals surface area contributed by atoms with Crippen LogP contribution in [-0.4, -0.2) is 67.2 Å². The van der Waals surface area contributed by atoms with E-state index in [1.54, 1.807) is 4.90 Å². The second-order valence-corrected chi connectivity index (χ2v) is 8.45. The topological polar surface area (TPSA) is 69.2 Å². The minimum Gasteiger partial charge on any atom is -0.450 e. The largest absolute Gasteiger partial charge is 0.450 e. The van der Waals surface area contributed by atoms with Crippen molar-refractivity contribution in [3.05, 3.63) is 35.4 Å². The Bertz CT molecular complexity index is 699. The molecule has 0 saturated carbocycles. The average molecular weight is 558 g/mol. The van der Waals surface area contributed by atoms with Crippen LogP contribution in [0.1, 0.15) is 57.1 Å². The Hall–Kier alpha value is -1.55. The highest BCUT2D eigenvalue weighted by Crippen LogP contribution is 2.14. The molecule has 0 spiro atoms. The van der Waals surface area contributed by atoms with Crippen molar-refractivity contribution >= 4 is 36.0 Å². The summed E-state index contributed by atoms with van der Waals surface area (Å²) in [5.74, 6) is 0.842. The van der Waals surface area contributed by atoms with Crippen molar-refractivity contribution in [2.75, 3.05) is 39.3 Å². The summed E-state index contributed by atoms with van der Waals surface area (Å²) < 4.78 is 5.10. The first-order chi connectivity index (χ1) is 15.2. The van der Waals surface area contributed by atoms with Gasteiger partial charge in [-0.15, -0.1) is 24.0 Å². The number of hydrogen-bond donors (Lipinski definition) is 2. The number of guanidine groups is 1. The highest BCUT2D eigenvalue weighted by Gasteiger charge is 2.24. The molecule has 7 nitrogen and oxygen atoms in total. The summed E-state index contributed by atoms with van der Waals surface area (Å²) in [5, 5.41) is 6.88. The number of hydrogen-bond acceptors (Lipinski definition) is 4. The number of likely N-dealkylation sites (tertiary alicyclic amines) is 2. The number of carbonyl (C=O) groups excluding carboxylic acids is 1. The summed E-state index contributed by atoms with van der Waals surface area (Å²) in [7, 11) is 0. The molecule has 32 heavy (non-hydrogen) atoms. The summed E-state index contributed by atoms with van der Waals surface area (Å²) in [4.78, 5) is 21.0. The number of piperidine rings is 2. The van der Waals surface area contributed by atoms with Crippen LogP contribution in [0.4, 0.5) is 4.79 Å². The highest BCUT2D eigenvalue weighted by molar-refractivity contribution is 14.0. The van der Waals surface area contributed by atoms with Crippen LogP contribution in [0.25, 0.3) is 0 Å². The molecule has 2 aliphatic rings. The van der Waals surface area contributed by atoms with E-state index in [9.17, 15) is 4.79 Å². The van der Waals surface area contributed by atoms with Gasteiger partial charge in [0.15, 0.2) is 5.96 Å². The predicted octanol–water partition coefficient (Wildman–Crippen LogP) is 3.97. The Kier molecular flexibility index (Phi) is 12.2. The molecule has 2 aliphatic heterocycles. The Labute approximate surface area is 210 Å². The molecule has 1 aromatic carbocycles. The Morgan fingerprint density at radius 1 is 1.03 bits per heavy atom. The van der Waals surface area contributed by atoms with Crippen LogP contribution in [0.3, 0.4) is 0 Å². The summed E-state index contributed by atoms with van der Waals surface area (Å²) in [6, 6.07) is 9.19. The van der Waals surface area contributed by atoms with Crippen LogP contribution in [0.2, 0.25) is 0 Å². The van der Waals surface area contributed by atoms with Crippen molar-refractivity contribution < 1.29 is 9.53 Å². The number of aliphatic imine (C=N–C) groups is 1. The van der Waals surface area contributed by atoms with Gasteiger partial charge in [0.1, 0.15) is 0 Å². The Morgan fingerprint density at radius 2 is 1.69 bits per heavy atom. The summed E-state index contributed by atoms with van der Waals surface area (Å²) in [6.07, 6.45) is 5.62. The van der Waals surface area contributed by atoms with Gasteiger partial charge in [0.2, 0.25) is 0 Å². The maximum Gasteiger partial charge on any atom is 0.409 e. The molecule has 1 amide bonds. The molecule has 0 radical (unpaired) electrons. The second-order valence-electron chi connectivity index (χ2n) is 8.45. The van der Waals surface area contributed by atoms with Crippen LogP contribution in [0.15, 0.2) is 29.3 Å². The van der Waals surface area contributed by atoms with Gasteiger partial charge in [-0.25, -0.2) is 9.79 Å². The number of nitrogens with zero attached hydrogens (tertiary/aromatic N) is 3. The maximum absolute atomic E-state index is 11.9. The van der Waals surface area contributed by atoms with Gasteiger partial charge in [0.25, 0.3) is 0 Å². The van der Waals surface area contributed by atoms with Gasteiger partial charge in [-0.1, -0.05) is 30.7 Å². The van der Waals surface area contributed by atoms with Crippen LogP contribution in [-0.2, 0) is 17.8 Å². The van der Waals surface area contributed by atoms with E-state index in [0.29, 0.717) is 32.3 Å². The first-order valence-electron chi connectivity index (χ1n) is 11.9. The molecular formula is C24H40IN5O2. The summed E-state index contributed by atoms with van der Waals surface area (Å²) >= 11 is 0. The molecule has 1 aromatic rings. The van der Waals surface area contributed by atoms with E-state index in [4.69, 9.17) is 9.73 Å². The lowest BCUT2D eigenvalue weighted by Crippen LogP contribution is -2.49. The first-order valence-corrected chi connectivity index (χ1v) is 11.9. The van der Waals surface area contributed by atoms with Gasteiger partial charge in [0.05, 0.1) is 13.2 Å².